The van der Waals surface area contributed by atoms with Gasteiger partial charge in [-0.1, -0.05) is 12.1 Å². The van der Waals surface area contributed by atoms with Gasteiger partial charge < -0.3 is 14.4 Å². The number of likely N-dealkylation sites (tertiary alicyclic amines) is 1. The van der Waals surface area contributed by atoms with E-state index in [1.807, 2.05) is 24.3 Å². The fraction of sp³-hybridized carbons (Fsp3) is 0.409. The molecule has 7 nitrogen and oxygen atoms in total. The van der Waals surface area contributed by atoms with Crippen molar-refractivity contribution < 1.29 is 22.7 Å². The average Bonchev–Trinajstić information content (AvgIpc) is 3.21. The topological polar surface area (TPSA) is 84.9 Å². The van der Waals surface area contributed by atoms with E-state index < -0.39 is 10.0 Å². The number of nitrogens with zero attached hydrogens (tertiary/aromatic N) is 1. The zero-order valence-corrected chi connectivity index (χ0v) is 18.5. The summed E-state index contributed by atoms with van der Waals surface area (Å²) in [5.74, 6) is 0.735. The summed E-state index contributed by atoms with van der Waals surface area (Å²) in [5, 5.41) is 0. The molecule has 3 rings (SSSR count). The van der Waals surface area contributed by atoms with Crippen LogP contribution in [0.2, 0.25) is 0 Å². The molecule has 1 aliphatic rings. The minimum absolute atomic E-state index is 0.0401. The summed E-state index contributed by atoms with van der Waals surface area (Å²) in [6, 6.07) is 11.9. The first-order chi connectivity index (χ1) is 14.3. The maximum absolute atomic E-state index is 13.3. The van der Waals surface area contributed by atoms with Gasteiger partial charge in [-0.2, -0.15) is 0 Å². The van der Waals surface area contributed by atoms with Crippen LogP contribution in [-0.2, 0) is 10.0 Å². The Morgan fingerprint density at radius 1 is 1.13 bits per heavy atom. The predicted octanol–water partition coefficient (Wildman–Crippen LogP) is 3.37. The number of ether oxygens (including phenoxy) is 2. The third-order valence-electron chi connectivity index (χ3n) is 5.08. The largest absolute Gasteiger partial charge is 0.497 e. The predicted molar refractivity (Wildman–Crippen MR) is 114 cm³/mol. The second kappa shape index (κ2) is 9.06. The Labute approximate surface area is 178 Å². The lowest BCUT2D eigenvalue weighted by Gasteiger charge is -2.26. The molecule has 8 heteroatoms. The minimum atomic E-state index is -3.82. The van der Waals surface area contributed by atoms with Crippen LogP contribution in [-0.4, -0.2) is 46.0 Å². The normalized spacial score (nSPS) is 16.7. The van der Waals surface area contributed by atoms with E-state index in [2.05, 4.69) is 4.72 Å². The average molecular weight is 433 g/mol. The molecule has 2 aromatic carbocycles. The number of carbonyl (C=O) groups excluding carboxylic acids is 1. The van der Waals surface area contributed by atoms with E-state index >= 15 is 0 Å². The molecule has 0 spiro atoms. The Morgan fingerprint density at radius 2 is 1.90 bits per heavy atom. The minimum Gasteiger partial charge on any atom is -0.497 e. The van der Waals surface area contributed by atoms with Crippen LogP contribution in [0.4, 0.5) is 0 Å². The van der Waals surface area contributed by atoms with Crippen molar-refractivity contribution in [3.63, 3.8) is 0 Å². The first kappa shape index (κ1) is 22.1. The quantitative estimate of drug-likeness (QED) is 0.725. The summed E-state index contributed by atoms with van der Waals surface area (Å²) in [7, 11) is -0.799. The molecular formula is C22H28N2O5S. The molecule has 162 valence electrons. The summed E-state index contributed by atoms with van der Waals surface area (Å²) in [6.07, 6.45) is 1.72. The van der Waals surface area contributed by atoms with E-state index in [-0.39, 0.29) is 28.6 Å². The van der Waals surface area contributed by atoms with E-state index in [1.165, 1.54) is 19.2 Å². The summed E-state index contributed by atoms with van der Waals surface area (Å²) >= 11 is 0. The van der Waals surface area contributed by atoms with E-state index in [9.17, 15) is 13.2 Å². The maximum atomic E-state index is 13.3. The Bertz CT molecular complexity index is 1020. The van der Waals surface area contributed by atoms with Gasteiger partial charge in [-0.05, 0) is 62.6 Å². The van der Waals surface area contributed by atoms with Gasteiger partial charge in [0.15, 0.2) is 0 Å². The molecular weight excluding hydrogens is 404 g/mol. The summed E-state index contributed by atoms with van der Waals surface area (Å²) in [5.41, 5.74) is 1.32. The molecule has 0 radical (unpaired) electrons. The van der Waals surface area contributed by atoms with Crippen LogP contribution in [0.3, 0.4) is 0 Å². The van der Waals surface area contributed by atoms with E-state index in [0.717, 1.165) is 24.2 Å². The molecule has 1 N–H and O–H groups in total. The Hall–Kier alpha value is -2.58. The number of carbonyl (C=O) groups is 1. The van der Waals surface area contributed by atoms with Crippen molar-refractivity contribution in [2.24, 2.45) is 0 Å². The number of rotatable bonds is 7. The molecule has 1 aliphatic heterocycles. The summed E-state index contributed by atoms with van der Waals surface area (Å²) < 4.78 is 38.6. The molecule has 0 saturated carbocycles. The fourth-order valence-electron chi connectivity index (χ4n) is 3.76. The Balaban J connectivity index is 1.95. The van der Waals surface area contributed by atoms with Crippen molar-refractivity contribution in [3.8, 4) is 11.5 Å². The van der Waals surface area contributed by atoms with Crippen molar-refractivity contribution in [2.75, 3.05) is 20.8 Å². The fourth-order valence-corrected chi connectivity index (χ4v) is 5.21. The highest BCUT2D eigenvalue weighted by Crippen LogP contribution is 2.35. The highest BCUT2D eigenvalue weighted by molar-refractivity contribution is 7.89. The molecule has 1 fully saturated rings. The van der Waals surface area contributed by atoms with Gasteiger partial charge in [0.25, 0.3) is 5.91 Å². The molecule has 2 aromatic rings. The smallest absolute Gasteiger partial charge is 0.254 e. The standard InChI is InChI=1S/C22H28N2O5S/c1-15(2)23-30(26,27)21-14-17(10-11-20(21)29-4)22(25)24-12-6-9-19(24)16-7-5-8-18(13-16)28-3/h5,7-8,10-11,13-15,19,23H,6,9,12H2,1-4H3. The number of methoxy groups -OCH3 is 2. The molecule has 30 heavy (non-hydrogen) atoms. The molecule has 0 aliphatic carbocycles. The maximum Gasteiger partial charge on any atom is 0.254 e. The van der Waals surface area contributed by atoms with Crippen LogP contribution in [0.5, 0.6) is 11.5 Å². The second-order valence-corrected chi connectivity index (χ2v) is 9.26. The first-order valence-corrected chi connectivity index (χ1v) is 11.4. The van der Waals surface area contributed by atoms with Gasteiger partial charge in [0.1, 0.15) is 16.4 Å². The molecule has 1 atom stereocenters. The highest BCUT2D eigenvalue weighted by atomic mass is 32.2. The molecule has 1 heterocycles. The third-order valence-corrected chi connectivity index (χ3v) is 6.76. The van der Waals surface area contributed by atoms with E-state index in [1.54, 1.807) is 31.9 Å². The molecule has 0 aromatic heterocycles. The zero-order chi connectivity index (χ0) is 21.9. The monoisotopic (exact) mass is 432 g/mol. The van der Waals surface area contributed by atoms with Crippen LogP contribution >= 0.6 is 0 Å². The SMILES string of the molecule is COc1cccc(C2CCCN2C(=O)c2ccc(OC)c(S(=O)(=O)NC(C)C)c2)c1. The van der Waals surface area contributed by atoms with Gasteiger partial charge in [-0.25, -0.2) is 13.1 Å². The van der Waals surface area contributed by atoms with Gasteiger partial charge in [0.2, 0.25) is 10.0 Å². The van der Waals surface area contributed by atoms with Crippen molar-refractivity contribution in [3.05, 3.63) is 53.6 Å². The van der Waals surface area contributed by atoms with Gasteiger partial charge in [0, 0.05) is 18.2 Å². The molecule has 1 amide bonds. The Morgan fingerprint density at radius 3 is 2.57 bits per heavy atom. The number of benzene rings is 2. The number of nitrogens with one attached hydrogen (secondary N) is 1. The molecule has 1 unspecified atom stereocenters. The van der Waals surface area contributed by atoms with Crippen LogP contribution in [0.25, 0.3) is 0 Å². The van der Waals surface area contributed by atoms with Gasteiger partial charge >= 0.3 is 0 Å². The summed E-state index contributed by atoms with van der Waals surface area (Å²) in [4.78, 5) is 15.1. The summed E-state index contributed by atoms with van der Waals surface area (Å²) in [6.45, 7) is 4.09. The number of hydrogen-bond donors (Lipinski definition) is 1. The zero-order valence-electron chi connectivity index (χ0n) is 17.7. The Kier molecular flexibility index (Phi) is 6.67. The lowest BCUT2D eigenvalue weighted by atomic mass is 10.0. The highest BCUT2D eigenvalue weighted by Gasteiger charge is 2.32. The van der Waals surface area contributed by atoms with E-state index in [4.69, 9.17) is 9.47 Å². The third kappa shape index (κ3) is 4.60. The first-order valence-electron chi connectivity index (χ1n) is 9.92. The van der Waals surface area contributed by atoms with Crippen molar-refractivity contribution in [1.82, 2.24) is 9.62 Å². The van der Waals surface area contributed by atoms with Gasteiger partial charge in [-0.15, -0.1) is 0 Å². The van der Waals surface area contributed by atoms with Crippen LogP contribution < -0.4 is 14.2 Å². The lowest BCUT2D eigenvalue weighted by molar-refractivity contribution is 0.0735. The molecule has 1 saturated heterocycles. The van der Waals surface area contributed by atoms with Crippen molar-refractivity contribution in [1.29, 1.82) is 0 Å². The number of amides is 1. The second-order valence-electron chi connectivity index (χ2n) is 7.57. The van der Waals surface area contributed by atoms with Gasteiger partial charge in [0.05, 0.1) is 20.3 Å². The van der Waals surface area contributed by atoms with Crippen LogP contribution in [0.1, 0.15) is 48.7 Å². The van der Waals surface area contributed by atoms with Crippen LogP contribution in [0.15, 0.2) is 47.4 Å². The molecule has 0 bridgehead atoms. The van der Waals surface area contributed by atoms with Crippen molar-refractivity contribution in [2.45, 2.75) is 43.7 Å². The number of sulfonamides is 1. The van der Waals surface area contributed by atoms with Crippen LogP contribution in [0, 0.1) is 0 Å². The van der Waals surface area contributed by atoms with Crippen molar-refractivity contribution >= 4 is 15.9 Å². The van der Waals surface area contributed by atoms with Gasteiger partial charge in [-0.3, -0.25) is 4.79 Å². The lowest BCUT2D eigenvalue weighted by Crippen LogP contribution is -2.32. The van der Waals surface area contributed by atoms with E-state index in [0.29, 0.717) is 12.1 Å². The number of hydrogen-bond acceptors (Lipinski definition) is 5.